The van der Waals surface area contributed by atoms with Crippen LogP contribution >= 0.6 is 0 Å². The molecule has 118 valence electrons. The summed E-state index contributed by atoms with van der Waals surface area (Å²) in [5.74, 6) is 0.0632. The number of hydrogen-bond acceptors (Lipinski definition) is 4. The van der Waals surface area contributed by atoms with Crippen LogP contribution in [0.1, 0.15) is 32.3 Å². The highest BCUT2D eigenvalue weighted by atomic mass is 16.5. The third-order valence-corrected chi connectivity index (χ3v) is 3.05. The van der Waals surface area contributed by atoms with Crippen LogP contribution in [0.4, 0.5) is 0 Å². The summed E-state index contributed by atoms with van der Waals surface area (Å²) in [7, 11) is 0. The summed E-state index contributed by atoms with van der Waals surface area (Å²) < 4.78 is 5.43. The fourth-order valence-electron chi connectivity index (χ4n) is 1.87. The summed E-state index contributed by atoms with van der Waals surface area (Å²) in [5.41, 5.74) is 6.80. The van der Waals surface area contributed by atoms with E-state index in [1.165, 1.54) is 0 Å². The van der Waals surface area contributed by atoms with Crippen LogP contribution < -0.4 is 11.1 Å². The van der Waals surface area contributed by atoms with Crippen molar-refractivity contribution in [2.24, 2.45) is 5.73 Å². The molecule has 5 heteroatoms. The second kappa shape index (κ2) is 9.37. The molecular formula is C16H26N2O3. The molecule has 1 aromatic carbocycles. The first-order valence-electron chi connectivity index (χ1n) is 7.42. The Labute approximate surface area is 126 Å². The lowest BCUT2D eigenvalue weighted by Crippen LogP contribution is -2.42. The molecule has 1 rings (SSSR count). The van der Waals surface area contributed by atoms with Crippen LogP contribution in [0.3, 0.4) is 0 Å². The number of nitrogens with two attached hydrogens (primary N) is 1. The lowest BCUT2D eigenvalue weighted by Gasteiger charge is -2.12. The van der Waals surface area contributed by atoms with Crippen molar-refractivity contribution in [3.8, 4) is 5.75 Å². The Morgan fingerprint density at radius 3 is 2.57 bits per heavy atom. The quantitative estimate of drug-likeness (QED) is 0.604. The number of phenols is 1. The molecule has 0 saturated carbocycles. The minimum absolute atomic E-state index is 0.146. The molecule has 4 N–H and O–H groups in total. The predicted octanol–water partition coefficient (Wildman–Crippen LogP) is 1.58. The van der Waals surface area contributed by atoms with Gasteiger partial charge < -0.3 is 20.9 Å². The zero-order valence-corrected chi connectivity index (χ0v) is 12.8. The van der Waals surface area contributed by atoms with Gasteiger partial charge in [-0.25, -0.2) is 0 Å². The number of amides is 1. The van der Waals surface area contributed by atoms with Gasteiger partial charge in [-0.1, -0.05) is 12.1 Å². The van der Waals surface area contributed by atoms with E-state index < -0.39 is 6.04 Å². The van der Waals surface area contributed by atoms with Crippen LogP contribution in [0.25, 0.3) is 0 Å². The minimum Gasteiger partial charge on any atom is -0.508 e. The van der Waals surface area contributed by atoms with E-state index >= 15 is 0 Å². The van der Waals surface area contributed by atoms with Gasteiger partial charge in [-0.15, -0.1) is 0 Å². The summed E-state index contributed by atoms with van der Waals surface area (Å²) in [5, 5.41) is 12.0. The maximum absolute atomic E-state index is 11.8. The van der Waals surface area contributed by atoms with E-state index in [0.717, 1.165) is 18.4 Å². The van der Waals surface area contributed by atoms with Gasteiger partial charge in [0.2, 0.25) is 5.91 Å². The highest BCUT2D eigenvalue weighted by Gasteiger charge is 2.13. The van der Waals surface area contributed by atoms with Crippen LogP contribution in [-0.4, -0.2) is 36.3 Å². The van der Waals surface area contributed by atoms with Crippen molar-refractivity contribution in [3.63, 3.8) is 0 Å². The number of aromatic hydroxyl groups is 1. The summed E-state index contributed by atoms with van der Waals surface area (Å²) in [6.07, 6.45) is 2.51. The summed E-state index contributed by atoms with van der Waals surface area (Å²) >= 11 is 0. The molecular weight excluding hydrogens is 268 g/mol. The molecule has 0 fully saturated rings. The first-order valence-corrected chi connectivity index (χ1v) is 7.42. The van der Waals surface area contributed by atoms with Gasteiger partial charge >= 0.3 is 0 Å². The fraction of sp³-hybridized carbons (Fsp3) is 0.562. The predicted molar refractivity (Wildman–Crippen MR) is 83.1 cm³/mol. The number of benzene rings is 1. The minimum atomic E-state index is -0.568. The van der Waals surface area contributed by atoms with E-state index in [9.17, 15) is 9.90 Å². The Kier molecular flexibility index (Phi) is 7.79. The number of unbranched alkanes of at least 4 members (excludes halogenated alkanes) is 1. The van der Waals surface area contributed by atoms with Crippen molar-refractivity contribution < 1.29 is 14.6 Å². The smallest absolute Gasteiger partial charge is 0.237 e. The lowest BCUT2D eigenvalue weighted by molar-refractivity contribution is -0.122. The van der Waals surface area contributed by atoms with Gasteiger partial charge in [0.25, 0.3) is 0 Å². The van der Waals surface area contributed by atoms with Crippen LogP contribution in [0.2, 0.25) is 0 Å². The number of carbonyl (C=O) groups is 1. The van der Waals surface area contributed by atoms with Gasteiger partial charge in [-0.2, -0.15) is 0 Å². The van der Waals surface area contributed by atoms with E-state index in [-0.39, 0.29) is 17.8 Å². The molecule has 21 heavy (non-hydrogen) atoms. The third-order valence-electron chi connectivity index (χ3n) is 3.05. The maximum Gasteiger partial charge on any atom is 0.237 e. The Hall–Kier alpha value is -1.59. The Morgan fingerprint density at radius 2 is 1.95 bits per heavy atom. The van der Waals surface area contributed by atoms with Crippen LogP contribution in [0.5, 0.6) is 5.75 Å². The SMILES string of the molecule is CC(C)OCCCCNC(=O)C(N)Cc1ccc(O)cc1. The average molecular weight is 294 g/mol. The standard InChI is InChI=1S/C16H26N2O3/c1-12(2)21-10-4-3-9-18-16(20)15(17)11-13-5-7-14(19)8-6-13/h5-8,12,15,19H,3-4,9-11,17H2,1-2H3,(H,18,20). The van der Waals surface area contributed by atoms with Gasteiger partial charge in [-0.3, -0.25) is 4.79 Å². The normalized spacial score (nSPS) is 12.4. The van der Waals surface area contributed by atoms with E-state index in [1.807, 2.05) is 13.8 Å². The zero-order valence-electron chi connectivity index (χ0n) is 12.8. The van der Waals surface area contributed by atoms with Gasteiger partial charge in [0.15, 0.2) is 0 Å². The van der Waals surface area contributed by atoms with E-state index in [2.05, 4.69) is 5.32 Å². The van der Waals surface area contributed by atoms with Crippen molar-refractivity contribution in [2.75, 3.05) is 13.2 Å². The maximum atomic E-state index is 11.8. The highest BCUT2D eigenvalue weighted by Crippen LogP contribution is 2.10. The van der Waals surface area contributed by atoms with Crippen molar-refractivity contribution in [3.05, 3.63) is 29.8 Å². The number of nitrogens with one attached hydrogen (secondary N) is 1. The van der Waals surface area contributed by atoms with Crippen molar-refractivity contribution in [2.45, 2.75) is 45.3 Å². The second-order valence-electron chi connectivity index (χ2n) is 5.39. The van der Waals surface area contributed by atoms with Crippen LogP contribution in [0.15, 0.2) is 24.3 Å². The van der Waals surface area contributed by atoms with E-state index in [0.29, 0.717) is 19.6 Å². The number of phenolic OH excluding ortho intramolecular Hbond substituents is 1. The molecule has 5 nitrogen and oxygen atoms in total. The Morgan fingerprint density at radius 1 is 1.29 bits per heavy atom. The molecule has 1 aromatic rings. The fourth-order valence-corrected chi connectivity index (χ4v) is 1.87. The van der Waals surface area contributed by atoms with Crippen LogP contribution in [-0.2, 0) is 16.0 Å². The number of hydrogen-bond donors (Lipinski definition) is 3. The molecule has 0 aliphatic carbocycles. The third kappa shape index (κ3) is 7.68. The molecule has 0 aliphatic rings. The second-order valence-corrected chi connectivity index (χ2v) is 5.39. The van der Waals surface area contributed by atoms with Crippen molar-refractivity contribution in [1.82, 2.24) is 5.32 Å². The monoisotopic (exact) mass is 294 g/mol. The molecule has 0 aromatic heterocycles. The number of rotatable bonds is 9. The topological polar surface area (TPSA) is 84.6 Å². The molecule has 0 radical (unpaired) electrons. The molecule has 1 atom stereocenters. The summed E-state index contributed by atoms with van der Waals surface area (Å²) in [6, 6.07) is 6.15. The van der Waals surface area contributed by atoms with Gasteiger partial charge in [-0.05, 0) is 50.8 Å². The first kappa shape index (κ1) is 17.5. The average Bonchev–Trinajstić information content (AvgIpc) is 2.44. The highest BCUT2D eigenvalue weighted by molar-refractivity contribution is 5.81. The lowest BCUT2D eigenvalue weighted by atomic mass is 10.1. The van der Waals surface area contributed by atoms with Gasteiger partial charge in [0.05, 0.1) is 12.1 Å². The molecule has 0 bridgehead atoms. The van der Waals surface area contributed by atoms with Crippen molar-refractivity contribution in [1.29, 1.82) is 0 Å². The first-order chi connectivity index (χ1) is 9.99. The molecule has 0 aliphatic heterocycles. The zero-order chi connectivity index (χ0) is 15.7. The van der Waals surface area contributed by atoms with E-state index in [4.69, 9.17) is 10.5 Å². The molecule has 1 amide bonds. The largest absolute Gasteiger partial charge is 0.508 e. The summed E-state index contributed by atoms with van der Waals surface area (Å²) in [4.78, 5) is 11.8. The molecule has 0 saturated heterocycles. The van der Waals surface area contributed by atoms with E-state index in [1.54, 1.807) is 24.3 Å². The Balaban J connectivity index is 2.18. The molecule has 0 spiro atoms. The molecule has 0 heterocycles. The van der Waals surface area contributed by atoms with Gasteiger partial charge in [0, 0.05) is 13.2 Å². The van der Waals surface area contributed by atoms with Crippen molar-refractivity contribution >= 4 is 5.91 Å². The number of ether oxygens (including phenoxy) is 1. The Bertz CT molecular complexity index is 418. The van der Waals surface area contributed by atoms with Crippen LogP contribution in [0, 0.1) is 0 Å². The molecule has 1 unspecified atom stereocenters. The van der Waals surface area contributed by atoms with Gasteiger partial charge in [0.1, 0.15) is 5.75 Å². The summed E-state index contributed by atoms with van der Waals surface area (Å²) in [6.45, 7) is 5.34. The number of carbonyl (C=O) groups excluding carboxylic acids is 1.